The van der Waals surface area contributed by atoms with Crippen molar-refractivity contribution in [2.75, 3.05) is 11.9 Å². The lowest BCUT2D eigenvalue weighted by molar-refractivity contribution is 0.214. The molecule has 0 aliphatic heterocycles. The molecule has 29 heavy (non-hydrogen) atoms. The molecule has 0 aliphatic rings. The van der Waals surface area contributed by atoms with Crippen molar-refractivity contribution in [2.24, 2.45) is 0 Å². The summed E-state index contributed by atoms with van der Waals surface area (Å²) in [6.45, 7) is 9.16. The van der Waals surface area contributed by atoms with Gasteiger partial charge in [-0.15, -0.1) is 6.58 Å². The van der Waals surface area contributed by atoms with Crippen molar-refractivity contribution in [3.63, 3.8) is 0 Å². The van der Waals surface area contributed by atoms with Crippen molar-refractivity contribution in [2.45, 2.75) is 26.9 Å². The summed E-state index contributed by atoms with van der Waals surface area (Å²) in [4.78, 5) is 14.6. The molecule has 150 valence electrons. The first-order chi connectivity index (χ1) is 14.0. The van der Waals surface area contributed by atoms with E-state index < -0.39 is 0 Å². The molecule has 0 spiro atoms. The molecule has 5 heteroatoms. The van der Waals surface area contributed by atoms with E-state index in [9.17, 15) is 9.18 Å². The van der Waals surface area contributed by atoms with Crippen molar-refractivity contribution in [3.05, 3.63) is 102 Å². The van der Waals surface area contributed by atoms with Gasteiger partial charge in [0.15, 0.2) is 0 Å². The number of benzene rings is 2. The predicted molar refractivity (Wildman–Crippen MR) is 115 cm³/mol. The maximum absolute atomic E-state index is 13.5. The van der Waals surface area contributed by atoms with E-state index in [1.807, 2.05) is 61.0 Å². The average molecular weight is 391 g/mol. The van der Waals surface area contributed by atoms with E-state index in [2.05, 4.69) is 11.9 Å². The predicted octanol–water partition coefficient (Wildman–Crippen LogP) is 5.51. The summed E-state index contributed by atoms with van der Waals surface area (Å²) in [5, 5.41) is 2.99. The van der Waals surface area contributed by atoms with Gasteiger partial charge in [0.25, 0.3) is 0 Å². The van der Waals surface area contributed by atoms with Crippen LogP contribution in [0.1, 0.15) is 22.4 Å². The highest BCUT2D eigenvalue weighted by Gasteiger charge is 2.16. The maximum Gasteiger partial charge on any atom is 0.322 e. The fraction of sp³-hybridized carbons (Fsp3) is 0.208. The van der Waals surface area contributed by atoms with Gasteiger partial charge >= 0.3 is 6.03 Å². The number of halogens is 1. The third-order valence-electron chi connectivity index (χ3n) is 4.78. The number of rotatable bonds is 7. The summed E-state index contributed by atoms with van der Waals surface area (Å²) in [6.07, 6.45) is 3.65. The molecule has 0 unspecified atom stereocenters. The monoisotopic (exact) mass is 391 g/mol. The molecule has 3 rings (SSSR count). The largest absolute Gasteiger partial charge is 0.345 e. The van der Waals surface area contributed by atoms with E-state index in [4.69, 9.17) is 0 Å². The third-order valence-corrected chi connectivity index (χ3v) is 4.78. The minimum absolute atomic E-state index is 0.185. The molecule has 0 radical (unpaired) electrons. The molecular formula is C24H26FN3O. The Hall–Kier alpha value is -3.34. The van der Waals surface area contributed by atoms with Crippen molar-refractivity contribution >= 4 is 11.7 Å². The molecule has 0 saturated carbocycles. The molecule has 2 amide bonds. The number of aryl methyl sites for hydroxylation is 2. The fourth-order valence-electron chi connectivity index (χ4n) is 3.30. The Morgan fingerprint density at radius 2 is 2.00 bits per heavy atom. The number of urea groups is 1. The van der Waals surface area contributed by atoms with Crippen LogP contribution in [-0.2, 0) is 13.1 Å². The van der Waals surface area contributed by atoms with Gasteiger partial charge in [0, 0.05) is 30.7 Å². The van der Waals surface area contributed by atoms with Crippen LogP contribution in [0.3, 0.4) is 0 Å². The van der Waals surface area contributed by atoms with E-state index in [1.54, 1.807) is 17.0 Å². The van der Waals surface area contributed by atoms with E-state index in [1.165, 1.54) is 12.1 Å². The zero-order chi connectivity index (χ0) is 20.8. The number of hydrogen-bond donors (Lipinski definition) is 1. The Bertz CT molecular complexity index is 1010. The molecule has 0 bridgehead atoms. The Morgan fingerprint density at radius 3 is 2.72 bits per heavy atom. The number of nitrogens with zero attached hydrogens (tertiary/aromatic N) is 2. The SMILES string of the molecule is C=CCN(Cc1cccn1Cc1cccc(F)c1)C(=O)Nc1ccc(C)cc1C. The van der Waals surface area contributed by atoms with Crippen molar-refractivity contribution in [1.29, 1.82) is 0 Å². The van der Waals surface area contributed by atoms with Crippen molar-refractivity contribution in [1.82, 2.24) is 9.47 Å². The molecule has 0 saturated heterocycles. The first-order valence-electron chi connectivity index (χ1n) is 9.59. The molecule has 3 aromatic rings. The minimum atomic E-state index is -0.252. The standard InChI is InChI=1S/C24H26FN3O/c1-4-12-28(24(29)26-23-11-10-18(2)14-19(23)3)17-22-9-6-13-27(22)16-20-7-5-8-21(25)15-20/h4-11,13-15H,1,12,16-17H2,2-3H3,(H,26,29). The molecule has 0 aliphatic carbocycles. The molecule has 4 nitrogen and oxygen atoms in total. The lowest BCUT2D eigenvalue weighted by Gasteiger charge is -2.23. The Balaban J connectivity index is 1.74. The van der Waals surface area contributed by atoms with Gasteiger partial charge in [-0.1, -0.05) is 35.9 Å². The van der Waals surface area contributed by atoms with E-state index in [-0.39, 0.29) is 11.8 Å². The van der Waals surface area contributed by atoms with Crippen molar-refractivity contribution < 1.29 is 9.18 Å². The van der Waals surface area contributed by atoms with Gasteiger partial charge in [0.1, 0.15) is 5.82 Å². The summed E-state index contributed by atoms with van der Waals surface area (Å²) < 4.78 is 15.5. The van der Waals surface area contributed by atoms with Crippen LogP contribution in [0.4, 0.5) is 14.9 Å². The van der Waals surface area contributed by atoms with E-state index >= 15 is 0 Å². The highest BCUT2D eigenvalue weighted by Crippen LogP contribution is 2.18. The fourth-order valence-corrected chi connectivity index (χ4v) is 3.30. The zero-order valence-corrected chi connectivity index (χ0v) is 16.9. The summed E-state index contributed by atoms with van der Waals surface area (Å²) >= 11 is 0. The van der Waals surface area contributed by atoms with Gasteiger partial charge < -0.3 is 14.8 Å². The molecule has 0 atom stereocenters. The molecular weight excluding hydrogens is 365 g/mol. The second-order valence-electron chi connectivity index (χ2n) is 7.18. The number of aromatic nitrogens is 1. The Kier molecular flexibility index (Phi) is 6.50. The number of anilines is 1. The summed E-state index contributed by atoms with van der Waals surface area (Å²) in [7, 11) is 0. The van der Waals surface area contributed by atoms with Crippen LogP contribution in [-0.4, -0.2) is 22.0 Å². The number of amides is 2. The summed E-state index contributed by atoms with van der Waals surface area (Å²) in [6, 6.07) is 16.2. The van der Waals surface area contributed by atoms with Gasteiger partial charge in [0.2, 0.25) is 0 Å². The van der Waals surface area contributed by atoms with Crippen LogP contribution >= 0.6 is 0 Å². The van der Waals surface area contributed by atoms with E-state index in [0.717, 1.165) is 28.1 Å². The second-order valence-corrected chi connectivity index (χ2v) is 7.18. The topological polar surface area (TPSA) is 37.3 Å². The highest BCUT2D eigenvalue weighted by atomic mass is 19.1. The first-order valence-corrected chi connectivity index (χ1v) is 9.59. The van der Waals surface area contributed by atoms with Gasteiger partial charge in [-0.25, -0.2) is 9.18 Å². The molecule has 2 aromatic carbocycles. The molecule has 1 N–H and O–H groups in total. The van der Waals surface area contributed by atoms with Gasteiger partial charge in [-0.2, -0.15) is 0 Å². The number of carbonyl (C=O) groups excluding carboxylic acids is 1. The molecule has 1 heterocycles. The lowest BCUT2D eigenvalue weighted by Crippen LogP contribution is -2.35. The molecule has 1 aromatic heterocycles. The van der Waals surface area contributed by atoms with Gasteiger partial charge in [0.05, 0.1) is 6.54 Å². The lowest BCUT2D eigenvalue weighted by atomic mass is 10.1. The number of carbonyl (C=O) groups is 1. The van der Waals surface area contributed by atoms with Crippen LogP contribution in [0.25, 0.3) is 0 Å². The minimum Gasteiger partial charge on any atom is -0.345 e. The third kappa shape index (κ3) is 5.35. The van der Waals surface area contributed by atoms with Gasteiger partial charge in [-0.3, -0.25) is 0 Å². The normalized spacial score (nSPS) is 10.6. The quantitative estimate of drug-likeness (QED) is 0.530. The van der Waals surface area contributed by atoms with Crippen molar-refractivity contribution in [3.8, 4) is 0 Å². The smallest absolute Gasteiger partial charge is 0.322 e. The number of hydrogen-bond acceptors (Lipinski definition) is 1. The maximum atomic E-state index is 13.5. The van der Waals surface area contributed by atoms with Crippen LogP contribution in [0.15, 0.2) is 73.4 Å². The Labute approximate surface area is 171 Å². The number of nitrogens with one attached hydrogen (secondary N) is 1. The van der Waals surface area contributed by atoms with Crippen LogP contribution in [0.2, 0.25) is 0 Å². The van der Waals surface area contributed by atoms with Crippen LogP contribution in [0.5, 0.6) is 0 Å². The highest BCUT2D eigenvalue weighted by molar-refractivity contribution is 5.90. The van der Waals surface area contributed by atoms with Gasteiger partial charge in [-0.05, 0) is 55.3 Å². The summed E-state index contributed by atoms with van der Waals surface area (Å²) in [5.74, 6) is -0.252. The van der Waals surface area contributed by atoms with Crippen LogP contribution in [0, 0.1) is 19.7 Å². The average Bonchev–Trinajstić information content (AvgIpc) is 3.10. The Morgan fingerprint density at radius 1 is 1.17 bits per heavy atom. The molecule has 0 fully saturated rings. The van der Waals surface area contributed by atoms with Crippen LogP contribution < -0.4 is 5.32 Å². The van der Waals surface area contributed by atoms with E-state index in [0.29, 0.717) is 19.6 Å². The zero-order valence-electron chi connectivity index (χ0n) is 16.9. The first kappa shape index (κ1) is 20.4. The second kappa shape index (κ2) is 9.24. The summed E-state index contributed by atoms with van der Waals surface area (Å²) in [5.41, 5.74) is 4.80.